The van der Waals surface area contributed by atoms with Crippen LogP contribution >= 0.6 is 11.3 Å². The van der Waals surface area contributed by atoms with Crippen LogP contribution in [-0.2, 0) is 40.3 Å². The molecule has 3 aliphatic heterocycles. The molecule has 1 aromatic carbocycles. The fourth-order valence-corrected chi connectivity index (χ4v) is 7.06. The van der Waals surface area contributed by atoms with E-state index in [1.54, 1.807) is 6.07 Å². The number of aromatic nitrogens is 1. The number of aliphatic carboxylic acids is 1. The first-order chi connectivity index (χ1) is 24.0. The van der Waals surface area contributed by atoms with Crippen LogP contribution in [0.15, 0.2) is 33.7 Å². The van der Waals surface area contributed by atoms with Crippen LogP contribution in [0.5, 0.6) is 5.75 Å². The molecule has 18 nitrogen and oxygen atoms in total. The Balaban J connectivity index is 1.31. The van der Waals surface area contributed by atoms with Crippen LogP contribution in [0.4, 0.5) is 5.13 Å². The molecule has 20 heteroatoms. The van der Waals surface area contributed by atoms with Crippen LogP contribution in [0, 0.1) is 5.92 Å². The Bertz CT molecular complexity index is 1840. The molecule has 0 radical (unpaired) electrons. The Morgan fingerprint density at radius 1 is 1.35 bits per heavy atom. The quantitative estimate of drug-likeness (QED) is 0.0680. The van der Waals surface area contributed by atoms with Crippen molar-refractivity contribution in [1.29, 1.82) is 0 Å². The van der Waals surface area contributed by atoms with Crippen LogP contribution in [-0.4, -0.2) is 100 Å². The summed E-state index contributed by atoms with van der Waals surface area (Å²) in [6.07, 6.45) is 1.51. The van der Waals surface area contributed by atoms with Crippen LogP contribution in [0.1, 0.15) is 69.7 Å². The van der Waals surface area contributed by atoms with Gasteiger partial charge < -0.3 is 36.8 Å². The van der Waals surface area contributed by atoms with Crippen molar-refractivity contribution in [2.24, 2.45) is 21.8 Å². The van der Waals surface area contributed by atoms with E-state index < -0.39 is 57.2 Å². The standard InChI is InChI=1S/C31H42N8O10S2/c1-5-16(12-32)10-23-34-13-19(14-35-23)17-6-8-21-18(11-17)7-9-22(47-21)31(4,28(42)43)48-38-24(20-15-50-29(33)36-20)26(40)37-25-27(41)39(30(25,2)3)49-51(44,45)46/h6,8,11,15-16,19,22,25H,5,7,9-10,12-14,32H2,1-4H3,(H2,33,36)(H,34,35)(H,37,40)(H,42,43)(H,44,45,46)/b38-24-/t16?,22-,25-,31+/m1/s1. The van der Waals surface area contributed by atoms with Crippen molar-refractivity contribution in [2.75, 3.05) is 25.4 Å². The van der Waals surface area contributed by atoms with Gasteiger partial charge in [0.2, 0.25) is 0 Å². The highest BCUT2D eigenvalue weighted by Crippen LogP contribution is 2.36. The molecule has 1 fully saturated rings. The third-order valence-corrected chi connectivity index (χ3v) is 10.4. The number of anilines is 1. The van der Waals surface area contributed by atoms with E-state index in [2.05, 4.69) is 32.0 Å². The van der Waals surface area contributed by atoms with Gasteiger partial charge in [0.25, 0.3) is 17.4 Å². The van der Waals surface area contributed by atoms with Gasteiger partial charge in [-0.05, 0) is 63.3 Å². The van der Waals surface area contributed by atoms with E-state index >= 15 is 0 Å². The van der Waals surface area contributed by atoms with E-state index in [9.17, 15) is 27.9 Å². The predicted molar refractivity (Wildman–Crippen MR) is 185 cm³/mol. The number of aliphatic imine (C=N–C) groups is 1. The second-order valence-electron chi connectivity index (χ2n) is 13.3. The first kappa shape index (κ1) is 37.9. The van der Waals surface area contributed by atoms with Crippen LogP contribution in [0.3, 0.4) is 0 Å². The van der Waals surface area contributed by atoms with E-state index in [0.717, 1.165) is 47.7 Å². The van der Waals surface area contributed by atoms with Crippen molar-refractivity contribution < 1.29 is 46.3 Å². The highest BCUT2D eigenvalue weighted by molar-refractivity contribution is 7.80. The summed E-state index contributed by atoms with van der Waals surface area (Å²) < 4.78 is 41.9. The molecule has 0 bridgehead atoms. The minimum absolute atomic E-state index is 0.0684. The molecule has 5 atom stereocenters. The number of hydroxylamine groups is 2. The number of amidine groups is 1. The summed E-state index contributed by atoms with van der Waals surface area (Å²) in [6.45, 7) is 8.12. The number of nitrogens with one attached hydrogen (secondary N) is 2. The lowest BCUT2D eigenvalue weighted by Gasteiger charge is -2.50. The number of hydrogen-bond donors (Lipinski definition) is 6. The van der Waals surface area contributed by atoms with Crippen molar-refractivity contribution in [1.82, 2.24) is 20.7 Å². The lowest BCUT2D eigenvalue weighted by atomic mass is 9.84. The topological polar surface area (TPSA) is 270 Å². The summed E-state index contributed by atoms with van der Waals surface area (Å²) in [7, 11) is -5.03. The third-order valence-electron chi connectivity index (χ3n) is 9.42. The zero-order valence-corrected chi connectivity index (χ0v) is 30.1. The van der Waals surface area contributed by atoms with Gasteiger partial charge in [-0.3, -0.25) is 19.1 Å². The molecule has 0 saturated carbocycles. The first-order valence-corrected chi connectivity index (χ1v) is 18.5. The summed E-state index contributed by atoms with van der Waals surface area (Å²) in [6, 6.07) is 4.45. The Hall–Kier alpha value is -4.37. The van der Waals surface area contributed by atoms with Crippen LogP contribution in [0.2, 0.25) is 0 Å². The first-order valence-electron chi connectivity index (χ1n) is 16.3. The van der Waals surface area contributed by atoms with Gasteiger partial charge in [0.05, 0.1) is 11.4 Å². The number of benzene rings is 1. The number of aryl methyl sites for hydroxylation is 1. The molecule has 2 unspecified atom stereocenters. The number of nitrogens with two attached hydrogens (primary N) is 2. The number of amides is 2. The zero-order valence-electron chi connectivity index (χ0n) is 28.5. The number of fused-ring (bicyclic) bond motifs is 1. The number of carbonyl (C=O) groups is 3. The number of carboxylic acids is 1. The minimum Gasteiger partial charge on any atom is -0.485 e. The zero-order chi connectivity index (χ0) is 37.3. The van der Waals surface area contributed by atoms with Gasteiger partial charge in [-0.15, -0.1) is 15.6 Å². The van der Waals surface area contributed by atoms with E-state index in [0.29, 0.717) is 36.2 Å². The Morgan fingerprint density at radius 3 is 2.67 bits per heavy atom. The molecule has 0 spiro atoms. The summed E-state index contributed by atoms with van der Waals surface area (Å²) in [5.74, 6) is -1.40. The Kier molecular flexibility index (Phi) is 10.9. The van der Waals surface area contributed by atoms with Gasteiger partial charge in [0.15, 0.2) is 16.9 Å². The van der Waals surface area contributed by atoms with Crippen LogP contribution in [0.25, 0.3) is 0 Å². The summed E-state index contributed by atoms with van der Waals surface area (Å²) in [4.78, 5) is 53.3. The molecule has 0 aliphatic carbocycles. The van der Waals surface area contributed by atoms with Gasteiger partial charge in [-0.2, -0.15) is 13.5 Å². The second kappa shape index (κ2) is 14.7. The minimum atomic E-state index is -5.03. The molecule has 3 aliphatic rings. The number of carbonyl (C=O) groups excluding carboxylic acids is 2. The number of rotatable bonds is 14. The molecular formula is C31H42N8O10S2. The summed E-state index contributed by atoms with van der Waals surface area (Å²) in [5, 5.41) is 22.0. The van der Waals surface area contributed by atoms with Crippen LogP contribution < -0.4 is 26.8 Å². The normalized spacial score (nSPS) is 23.4. The van der Waals surface area contributed by atoms with Crippen molar-refractivity contribution >= 4 is 56.2 Å². The lowest BCUT2D eigenvalue weighted by molar-refractivity contribution is -0.218. The molecule has 278 valence electrons. The average Bonchev–Trinajstić information content (AvgIpc) is 3.53. The highest BCUT2D eigenvalue weighted by Gasteiger charge is 2.58. The molecular weight excluding hydrogens is 709 g/mol. The third kappa shape index (κ3) is 8.09. The number of carboxylic acid groups (broad SMARTS) is 1. The number of ether oxygens (including phenoxy) is 1. The van der Waals surface area contributed by atoms with E-state index in [1.165, 1.54) is 26.2 Å². The van der Waals surface area contributed by atoms with E-state index in [-0.39, 0.29) is 23.2 Å². The number of β-lactam (4-membered cyclic amide) rings is 1. The van der Waals surface area contributed by atoms with Gasteiger partial charge >= 0.3 is 16.4 Å². The molecule has 4 heterocycles. The van der Waals surface area contributed by atoms with Gasteiger partial charge in [0, 0.05) is 30.8 Å². The smallest absolute Gasteiger partial charge is 0.418 e. The fraction of sp³-hybridized carbons (Fsp3) is 0.548. The largest absolute Gasteiger partial charge is 0.485 e. The van der Waals surface area contributed by atoms with Crippen molar-refractivity contribution in [3.63, 3.8) is 0 Å². The SMILES string of the molecule is CCC(CN)CC1=NCC(c2ccc3c(c2)CC[C@H]([C@](C)(O/N=C(\C(=O)N[C@@H]2C(=O)N(OS(=O)(=O)O)C2(C)C)c2csc(N)n2)C(=O)O)O3)CN1. The molecule has 5 rings (SSSR count). The summed E-state index contributed by atoms with van der Waals surface area (Å²) >= 11 is 0.975. The van der Waals surface area contributed by atoms with Gasteiger partial charge in [0.1, 0.15) is 17.5 Å². The molecule has 2 amide bonds. The fourth-order valence-electron chi connectivity index (χ4n) is 6.06. The number of thiazole rings is 1. The van der Waals surface area contributed by atoms with E-state index in [4.69, 9.17) is 30.6 Å². The van der Waals surface area contributed by atoms with E-state index in [1.807, 2.05) is 12.1 Å². The molecule has 1 saturated heterocycles. The molecule has 1 aromatic heterocycles. The molecule has 2 aromatic rings. The van der Waals surface area contributed by atoms with Crippen molar-refractivity contribution in [3.05, 3.63) is 40.4 Å². The number of oxime groups is 1. The number of nitrogens with zero attached hydrogens (tertiary/aromatic N) is 4. The maximum atomic E-state index is 13.5. The average molecular weight is 751 g/mol. The van der Waals surface area contributed by atoms with Crippen molar-refractivity contribution in [3.8, 4) is 5.75 Å². The summed E-state index contributed by atoms with van der Waals surface area (Å²) in [5.41, 5.74) is 9.52. The Labute approximate surface area is 298 Å². The lowest BCUT2D eigenvalue weighted by Crippen LogP contribution is -2.76. The van der Waals surface area contributed by atoms with Gasteiger partial charge in [-0.1, -0.05) is 30.6 Å². The second-order valence-corrected chi connectivity index (χ2v) is 15.2. The Morgan fingerprint density at radius 2 is 2.10 bits per heavy atom. The highest BCUT2D eigenvalue weighted by atomic mass is 32.3. The molecule has 51 heavy (non-hydrogen) atoms. The molecule has 8 N–H and O–H groups in total. The maximum absolute atomic E-state index is 13.5. The predicted octanol–water partition coefficient (Wildman–Crippen LogP) is 0.983. The van der Waals surface area contributed by atoms with Gasteiger partial charge in [-0.25, -0.2) is 9.78 Å². The van der Waals surface area contributed by atoms with Crippen molar-refractivity contribution in [2.45, 2.75) is 82.6 Å². The number of hydrogen-bond acceptors (Lipinski definition) is 15. The monoisotopic (exact) mass is 750 g/mol. The maximum Gasteiger partial charge on any atom is 0.418 e. The number of nitrogen functional groups attached to an aromatic ring is 1.